The summed E-state index contributed by atoms with van der Waals surface area (Å²) >= 11 is 0. The number of carbonyl (C=O) groups is 1. The van der Waals surface area contributed by atoms with Crippen molar-refractivity contribution in [2.24, 2.45) is 0 Å². The molecule has 0 radical (unpaired) electrons. The van der Waals surface area contributed by atoms with Crippen molar-refractivity contribution in [3.8, 4) is 0 Å². The quantitative estimate of drug-likeness (QED) is 0.148. The largest absolute Gasteiger partial charge is 0.469 e. The Bertz CT molecular complexity index is 158. The second-order valence-corrected chi connectivity index (χ2v) is 1.57. The number of hydrogen-bond donors (Lipinski definition) is 0. The molecule has 0 aliphatic heterocycles. The maximum atomic E-state index is 10.4. The summed E-state index contributed by atoms with van der Waals surface area (Å²) in [6.45, 7) is 3.39. The number of carbonyl (C=O) groups excluding carboxylic acids is 1. The average Bonchev–Trinajstić information content (AvgIpc) is 2.04. The van der Waals surface area contributed by atoms with Crippen LogP contribution in [0.5, 0.6) is 0 Å². The molecule has 0 aliphatic carbocycles. The molecule has 0 rings (SSSR count). The lowest BCUT2D eigenvalue weighted by Gasteiger charge is -1.98. The number of ether oxygens (including phenoxy) is 1. The summed E-state index contributed by atoms with van der Waals surface area (Å²) in [4.78, 5) is 19.3. The maximum Gasteiger partial charge on any atom is 0.308 e. The maximum absolute atomic E-state index is 10.4. The molecule has 0 saturated heterocycles. The number of hydrogen-bond acceptors (Lipinski definition) is 4. The summed E-state index contributed by atoms with van der Waals surface area (Å²) in [6, 6.07) is 0. The van der Waals surface area contributed by atoms with Gasteiger partial charge in [-0.3, -0.25) is 4.79 Å². The summed E-state index contributed by atoms with van der Waals surface area (Å²) in [7, 11) is 1.31. The molecule has 0 N–H and O–H groups in total. The fourth-order valence-electron chi connectivity index (χ4n) is 0.343. The van der Waals surface area contributed by atoms with Gasteiger partial charge in [-0.25, -0.2) is 0 Å². The van der Waals surface area contributed by atoms with Crippen LogP contribution >= 0.6 is 0 Å². The SMILES string of the molecule is C=C=COOCCC(=O)OC. The first kappa shape index (κ1) is 9.75. The molecule has 0 aromatic carbocycles. The molecule has 0 saturated carbocycles. The van der Waals surface area contributed by atoms with Gasteiger partial charge in [-0.1, -0.05) is 12.3 Å². The van der Waals surface area contributed by atoms with Gasteiger partial charge in [-0.15, -0.1) is 0 Å². The van der Waals surface area contributed by atoms with E-state index in [4.69, 9.17) is 0 Å². The summed E-state index contributed by atoms with van der Waals surface area (Å²) in [5.41, 5.74) is 2.33. The molecular formula is C7H10O4. The van der Waals surface area contributed by atoms with Crippen molar-refractivity contribution >= 4 is 5.97 Å². The average molecular weight is 158 g/mol. The van der Waals surface area contributed by atoms with Crippen LogP contribution in [0, 0.1) is 0 Å². The van der Waals surface area contributed by atoms with Crippen molar-refractivity contribution < 1.29 is 19.3 Å². The van der Waals surface area contributed by atoms with Crippen LogP contribution in [0.4, 0.5) is 0 Å². The van der Waals surface area contributed by atoms with Crippen molar-refractivity contribution in [2.75, 3.05) is 13.7 Å². The topological polar surface area (TPSA) is 44.8 Å². The van der Waals surface area contributed by atoms with Crippen molar-refractivity contribution in [2.45, 2.75) is 6.42 Å². The van der Waals surface area contributed by atoms with E-state index in [1.54, 1.807) is 0 Å². The molecule has 0 unspecified atom stereocenters. The third-order valence-corrected chi connectivity index (χ3v) is 0.817. The Labute approximate surface area is 65.0 Å². The summed E-state index contributed by atoms with van der Waals surface area (Å²) < 4.78 is 4.34. The van der Waals surface area contributed by atoms with Crippen molar-refractivity contribution in [3.05, 3.63) is 18.6 Å². The van der Waals surface area contributed by atoms with Crippen LogP contribution in [0.3, 0.4) is 0 Å². The van der Waals surface area contributed by atoms with E-state index in [2.05, 4.69) is 26.8 Å². The van der Waals surface area contributed by atoms with Gasteiger partial charge >= 0.3 is 5.97 Å². The first-order valence-electron chi connectivity index (χ1n) is 3.00. The van der Waals surface area contributed by atoms with E-state index >= 15 is 0 Å². The number of methoxy groups -OCH3 is 1. The Balaban J connectivity index is 3.14. The third kappa shape index (κ3) is 6.64. The van der Waals surface area contributed by atoms with Crippen LogP contribution in [0.25, 0.3) is 0 Å². The highest BCUT2D eigenvalue weighted by Gasteiger charge is 1.98. The van der Waals surface area contributed by atoms with E-state index in [1.165, 1.54) is 7.11 Å². The van der Waals surface area contributed by atoms with Crippen LogP contribution in [-0.2, 0) is 19.3 Å². The fourth-order valence-corrected chi connectivity index (χ4v) is 0.343. The molecule has 4 nitrogen and oxygen atoms in total. The second kappa shape index (κ2) is 6.86. The van der Waals surface area contributed by atoms with E-state index in [0.717, 1.165) is 6.26 Å². The molecular weight excluding hydrogens is 148 g/mol. The summed E-state index contributed by atoms with van der Waals surface area (Å²) in [6.07, 6.45) is 1.32. The lowest BCUT2D eigenvalue weighted by molar-refractivity contribution is -0.249. The standard InChI is InChI=1S/C7H10O4/c1-3-5-10-11-6-4-7(8)9-2/h5H,1,4,6H2,2H3. The highest BCUT2D eigenvalue weighted by atomic mass is 17.2. The lowest BCUT2D eigenvalue weighted by Crippen LogP contribution is -2.04. The van der Waals surface area contributed by atoms with E-state index in [0.29, 0.717) is 0 Å². The molecule has 0 heterocycles. The highest BCUT2D eigenvalue weighted by Crippen LogP contribution is 1.86. The van der Waals surface area contributed by atoms with Crippen molar-refractivity contribution in [1.82, 2.24) is 0 Å². The smallest absolute Gasteiger partial charge is 0.308 e. The van der Waals surface area contributed by atoms with Gasteiger partial charge in [0.2, 0.25) is 0 Å². The molecule has 0 atom stereocenters. The lowest BCUT2D eigenvalue weighted by atomic mass is 10.5. The van der Waals surface area contributed by atoms with Gasteiger partial charge in [-0.2, -0.15) is 4.89 Å². The Kier molecular flexibility index (Phi) is 6.08. The van der Waals surface area contributed by atoms with Gasteiger partial charge in [0, 0.05) is 0 Å². The van der Waals surface area contributed by atoms with Gasteiger partial charge in [0.1, 0.15) is 6.61 Å². The minimum atomic E-state index is -0.337. The first-order valence-corrected chi connectivity index (χ1v) is 3.00. The Morgan fingerprint density at radius 1 is 1.73 bits per heavy atom. The number of esters is 1. The molecule has 0 aromatic rings. The van der Waals surface area contributed by atoms with Crippen LogP contribution < -0.4 is 0 Å². The predicted molar refractivity (Wildman–Crippen MR) is 37.4 cm³/mol. The fraction of sp³-hybridized carbons (Fsp3) is 0.429. The van der Waals surface area contributed by atoms with E-state index < -0.39 is 0 Å². The number of rotatable bonds is 5. The molecule has 0 bridgehead atoms. The zero-order valence-corrected chi connectivity index (χ0v) is 6.33. The highest BCUT2D eigenvalue weighted by molar-refractivity contribution is 5.69. The molecule has 0 aromatic heterocycles. The summed E-state index contributed by atoms with van der Waals surface area (Å²) in [5.74, 6) is -0.337. The molecule has 0 fully saturated rings. The van der Waals surface area contributed by atoms with E-state index in [1.807, 2.05) is 0 Å². The molecule has 0 spiro atoms. The Morgan fingerprint density at radius 3 is 3.00 bits per heavy atom. The predicted octanol–water partition coefficient (Wildman–Crippen LogP) is 0.796. The van der Waals surface area contributed by atoms with Crippen molar-refractivity contribution in [3.63, 3.8) is 0 Å². The normalized spacial score (nSPS) is 8.09. The van der Waals surface area contributed by atoms with Gasteiger partial charge in [0.25, 0.3) is 0 Å². The molecule has 0 amide bonds. The van der Waals surface area contributed by atoms with E-state index in [9.17, 15) is 4.79 Å². The zero-order chi connectivity index (χ0) is 8.53. The van der Waals surface area contributed by atoms with Gasteiger partial charge in [0.05, 0.1) is 13.5 Å². The Morgan fingerprint density at radius 2 is 2.45 bits per heavy atom. The second-order valence-electron chi connectivity index (χ2n) is 1.57. The molecule has 62 valence electrons. The minimum Gasteiger partial charge on any atom is -0.469 e. The third-order valence-electron chi connectivity index (χ3n) is 0.817. The monoisotopic (exact) mass is 158 g/mol. The van der Waals surface area contributed by atoms with Crippen LogP contribution in [0.2, 0.25) is 0 Å². The molecule has 11 heavy (non-hydrogen) atoms. The van der Waals surface area contributed by atoms with Crippen LogP contribution in [0.1, 0.15) is 6.42 Å². The van der Waals surface area contributed by atoms with Gasteiger partial charge in [0.15, 0.2) is 6.26 Å². The Hall–Kier alpha value is -1.25. The minimum absolute atomic E-state index is 0.158. The molecule has 4 heteroatoms. The van der Waals surface area contributed by atoms with E-state index in [-0.39, 0.29) is 19.0 Å². The van der Waals surface area contributed by atoms with Crippen LogP contribution in [-0.4, -0.2) is 19.7 Å². The first-order chi connectivity index (χ1) is 5.31. The van der Waals surface area contributed by atoms with Crippen molar-refractivity contribution in [1.29, 1.82) is 0 Å². The van der Waals surface area contributed by atoms with Gasteiger partial charge < -0.3 is 9.62 Å². The molecule has 0 aliphatic rings. The van der Waals surface area contributed by atoms with Gasteiger partial charge in [-0.05, 0) is 0 Å². The van der Waals surface area contributed by atoms with Crippen LogP contribution in [0.15, 0.2) is 18.6 Å². The zero-order valence-electron chi connectivity index (χ0n) is 6.33. The summed E-state index contributed by atoms with van der Waals surface area (Å²) in [5, 5.41) is 0.